The van der Waals surface area contributed by atoms with Crippen LogP contribution < -0.4 is 5.32 Å². The predicted octanol–water partition coefficient (Wildman–Crippen LogP) is 3.39. The minimum atomic E-state index is -5.08. The number of hydrogen-bond acceptors (Lipinski definition) is 4. The lowest BCUT2D eigenvalue weighted by Crippen LogP contribution is -2.45. The summed E-state index contributed by atoms with van der Waals surface area (Å²) in [4.78, 5) is 21.8. The molecule has 0 aromatic heterocycles. The minimum absolute atomic E-state index is 0.0267. The van der Waals surface area contributed by atoms with Gasteiger partial charge in [-0.15, -0.1) is 0 Å². The largest absolute Gasteiger partial charge is 0.490 e. The van der Waals surface area contributed by atoms with Gasteiger partial charge in [0.1, 0.15) is 11.6 Å². The van der Waals surface area contributed by atoms with Gasteiger partial charge in [0, 0.05) is 30.2 Å². The molecule has 2 heterocycles. The summed E-state index contributed by atoms with van der Waals surface area (Å²) in [7, 11) is 0. The summed E-state index contributed by atoms with van der Waals surface area (Å²) in [6.45, 7) is 0.840. The highest BCUT2D eigenvalue weighted by Gasteiger charge is 2.48. The minimum Gasteiger partial charge on any atom is -0.475 e. The van der Waals surface area contributed by atoms with E-state index in [-0.39, 0.29) is 17.4 Å². The Bertz CT molecular complexity index is 834. The van der Waals surface area contributed by atoms with Crippen LogP contribution in [0.2, 0.25) is 0 Å². The van der Waals surface area contributed by atoms with E-state index in [0.717, 1.165) is 38.3 Å². The Hall–Kier alpha value is -2.56. The van der Waals surface area contributed by atoms with Gasteiger partial charge >= 0.3 is 12.1 Å². The van der Waals surface area contributed by atoms with E-state index in [1.165, 1.54) is 17.1 Å². The average molecular weight is 433 g/mol. The summed E-state index contributed by atoms with van der Waals surface area (Å²) in [6.07, 6.45) is 0.931. The molecule has 1 saturated carbocycles. The number of aliphatic carboxylic acids is 1. The van der Waals surface area contributed by atoms with Gasteiger partial charge in [0.15, 0.2) is 0 Å². The summed E-state index contributed by atoms with van der Waals surface area (Å²) in [5.41, 5.74) is 0.617. The third-order valence-electron chi connectivity index (χ3n) is 5.40. The molecule has 1 aliphatic carbocycles. The Labute approximate surface area is 168 Å². The van der Waals surface area contributed by atoms with Crippen LogP contribution in [0.3, 0.4) is 0 Å². The molecule has 1 amide bonds. The fourth-order valence-electron chi connectivity index (χ4n) is 3.76. The van der Waals surface area contributed by atoms with Crippen molar-refractivity contribution in [3.05, 3.63) is 35.4 Å². The van der Waals surface area contributed by atoms with Gasteiger partial charge in [-0.1, -0.05) is 0 Å². The van der Waals surface area contributed by atoms with Crippen molar-refractivity contribution in [3.8, 4) is 0 Å². The van der Waals surface area contributed by atoms with Crippen molar-refractivity contribution < 1.29 is 36.6 Å². The SMILES string of the molecule is O=C(C1CCNC2(CC2)C1)N1N=CCC1c1cc(F)cc(F)c1.O=C(O)C(F)(F)F. The van der Waals surface area contributed by atoms with E-state index >= 15 is 0 Å². The molecule has 2 N–H and O–H groups in total. The molecule has 2 atom stereocenters. The number of carbonyl (C=O) groups is 2. The monoisotopic (exact) mass is 433 g/mol. The standard InChI is InChI=1S/C17H19F2N3O.C2HF3O2/c18-13-7-12(8-14(19)9-13)15-2-6-21-22(15)16(23)11-1-5-20-17(10-11)3-4-17;3-2(4,5)1(6)7/h6-9,11,15,20H,1-5,10H2;(H,6,7). The summed E-state index contributed by atoms with van der Waals surface area (Å²) in [6, 6.07) is 3.01. The molecule has 0 bridgehead atoms. The van der Waals surface area contributed by atoms with Gasteiger partial charge in [0.25, 0.3) is 0 Å². The third-order valence-corrected chi connectivity index (χ3v) is 5.40. The smallest absolute Gasteiger partial charge is 0.475 e. The Morgan fingerprint density at radius 3 is 2.30 bits per heavy atom. The lowest BCUT2D eigenvalue weighted by Gasteiger charge is -2.33. The highest BCUT2D eigenvalue weighted by Crippen LogP contribution is 2.45. The number of nitrogens with zero attached hydrogens (tertiary/aromatic N) is 2. The quantitative estimate of drug-likeness (QED) is 0.701. The van der Waals surface area contributed by atoms with E-state index in [1.807, 2.05) is 0 Å². The van der Waals surface area contributed by atoms with Crippen LogP contribution in [0, 0.1) is 17.6 Å². The molecule has 1 spiro atoms. The molecule has 0 radical (unpaired) electrons. The molecule has 1 aromatic rings. The van der Waals surface area contributed by atoms with Gasteiger partial charge in [-0.05, 0) is 49.9 Å². The summed E-state index contributed by atoms with van der Waals surface area (Å²) in [5, 5.41) is 16.2. The average Bonchev–Trinajstić information content (AvgIpc) is 3.20. The lowest BCUT2D eigenvalue weighted by atomic mass is 9.89. The zero-order valence-electron chi connectivity index (χ0n) is 15.8. The normalized spacial score (nSPS) is 24.4. The highest BCUT2D eigenvalue weighted by atomic mass is 19.4. The number of rotatable bonds is 2. The molecule has 2 fully saturated rings. The van der Waals surface area contributed by atoms with Crippen LogP contribution in [0.25, 0.3) is 0 Å². The number of benzene rings is 1. The van der Waals surface area contributed by atoms with Crippen LogP contribution in [-0.2, 0) is 9.59 Å². The Morgan fingerprint density at radius 2 is 1.77 bits per heavy atom. The van der Waals surface area contributed by atoms with Crippen molar-refractivity contribution in [1.29, 1.82) is 0 Å². The second kappa shape index (κ2) is 8.29. The van der Waals surface area contributed by atoms with Gasteiger partial charge in [-0.3, -0.25) is 4.79 Å². The maximum atomic E-state index is 13.5. The number of alkyl halides is 3. The zero-order chi connectivity index (χ0) is 22.1. The van der Waals surface area contributed by atoms with Crippen LogP contribution in [0.5, 0.6) is 0 Å². The first kappa shape index (κ1) is 22.1. The fourth-order valence-corrected chi connectivity index (χ4v) is 3.76. The van der Waals surface area contributed by atoms with E-state index in [4.69, 9.17) is 9.90 Å². The van der Waals surface area contributed by atoms with Crippen molar-refractivity contribution in [2.45, 2.75) is 49.9 Å². The van der Waals surface area contributed by atoms with Gasteiger partial charge < -0.3 is 10.4 Å². The number of hydrogen-bond donors (Lipinski definition) is 2. The van der Waals surface area contributed by atoms with Crippen molar-refractivity contribution in [2.75, 3.05) is 6.54 Å². The number of carbonyl (C=O) groups excluding carboxylic acids is 1. The number of carboxylic acid groups (broad SMARTS) is 1. The third kappa shape index (κ3) is 5.13. The van der Waals surface area contributed by atoms with E-state index in [1.54, 1.807) is 6.21 Å². The second-order valence-electron chi connectivity index (χ2n) is 7.63. The van der Waals surface area contributed by atoms with Crippen LogP contribution in [-0.4, -0.2) is 46.5 Å². The van der Waals surface area contributed by atoms with Crippen LogP contribution in [0.15, 0.2) is 23.3 Å². The van der Waals surface area contributed by atoms with Gasteiger partial charge in [-0.2, -0.15) is 18.3 Å². The molecule has 3 aliphatic rings. The Balaban J connectivity index is 0.000000318. The summed E-state index contributed by atoms with van der Waals surface area (Å²) in [5.74, 6) is -4.10. The molecular weight excluding hydrogens is 413 g/mol. The molecule has 1 aromatic carbocycles. The lowest BCUT2D eigenvalue weighted by molar-refractivity contribution is -0.192. The first-order chi connectivity index (χ1) is 14.0. The summed E-state index contributed by atoms with van der Waals surface area (Å²) >= 11 is 0. The predicted molar refractivity (Wildman–Crippen MR) is 95.4 cm³/mol. The number of carboxylic acids is 1. The Kier molecular flexibility index (Phi) is 6.11. The van der Waals surface area contributed by atoms with Crippen molar-refractivity contribution in [1.82, 2.24) is 10.3 Å². The van der Waals surface area contributed by atoms with Gasteiger partial charge in [-0.25, -0.2) is 18.6 Å². The summed E-state index contributed by atoms with van der Waals surface area (Å²) < 4.78 is 58.7. The van der Waals surface area contributed by atoms with Crippen molar-refractivity contribution in [3.63, 3.8) is 0 Å². The Morgan fingerprint density at radius 1 is 1.17 bits per heavy atom. The molecule has 2 aliphatic heterocycles. The number of nitrogens with one attached hydrogen (secondary N) is 1. The molecule has 11 heteroatoms. The van der Waals surface area contributed by atoms with E-state index in [2.05, 4.69) is 10.4 Å². The first-order valence-electron chi connectivity index (χ1n) is 9.37. The van der Waals surface area contributed by atoms with E-state index in [0.29, 0.717) is 12.0 Å². The number of piperidine rings is 1. The zero-order valence-corrected chi connectivity index (χ0v) is 15.8. The fraction of sp³-hybridized carbons (Fsp3) is 0.526. The molecule has 4 rings (SSSR count). The van der Waals surface area contributed by atoms with Gasteiger partial charge in [0.2, 0.25) is 5.91 Å². The molecular formula is C19H20F5N3O3. The molecule has 2 unspecified atom stereocenters. The van der Waals surface area contributed by atoms with Crippen molar-refractivity contribution in [2.24, 2.45) is 11.0 Å². The van der Waals surface area contributed by atoms with Gasteiger partial charge in [0.05, 0.1) is 6.04 Å². The molecule has 1 saturated heterocycles. The molecule has 6 nitrogen and oxygen atoms in total. The maximum Gasteiger partial charge on any atom is 0.490 e. The van der Waals surface area contributed by atoms with Crippen LogP contribution in [0.4, 0.5) is 22.0 Å². The topological polar surface area (TPSA) is 82.0 Å². The highest BCUT2D eigenvalue weighted by molar-refractivity contribution is 5.82. The number of hydrazone groups is 1. The van der Waals surface area contributed by atoms with E-state index in [9.17, 15) is 26.7 Å². The second-order valence-corrected chi connectivity index (χ2v) is 7.63. The first-order valence-corrected chi connectivity index (χ1v) is 9.37. The van der Waals surface area contributed by atoms with E-state index < -0.39 is 29.8 Å². The van der Waals surface area contributed by atoms with Crippen LogP contribution in [0.1, 0.15) is 43.7 Å². The maximum absolute atomic E-state index is 13.5. The van der Waals surface area contributed by atoms with Crippen molar-refractivity contribution >= 4 is 18.1 Å². The molecule has 30 heavy (non-hydrogen) atoms. The number of halogens is 5. The van der Waals surface area contributed by atoms with Crippen LogP contribution >= 0.6 is 0 Å². The molecule has 164 valence electrons. The number of amides is 1.